The second-order valence-electron chi connectivity index (χ2n) is 11.0. The summed E-state index contributed by atoms with van der Waals surface area (Å²) in [4.78, 5) is 4.64. The molecule has 10 aromatic rings. The molecule has 0 fully saturated rings. The summed E-state index contributed by atoms with van der Waals surface area (Å²) in [5, 5.41) is 7.60. The van der Waals surface area contributed by atoms with Crippen LogP contribution in [0.4, 0.5) is 0 Å². The van der Waals surface area contributed by atoms with Gasteiger partial charge in [0.1, 0.15) is 11.2 Å². The fourth-order valence-corrected chi connectivity index (χ4v) is 6.64. The number of nitrogens with zero attached hydrogens (tertiary/aromatic N) is 3. The van der Waals surface area contributed by atoms with Crippen LogP contribution in [0, 0.1) is 18.2 Å². The summed E-state index contributed by atoms with van der Waals surface area (Å²) in [6, 6.07) is 47.5. The summed E-state index contributed by atoms with van der Waals surface area (Å²) in [6.45, 7) is 0. The Hall–Kier alpha value is -5.38. The first-order valence-electron chi connectivity index (χ1n) is 14.5. The molecule has 4 heterocycles. The molecule has 6 aromatic carbocycles. The van der Waals surface area contributed by atoms with Crippen LogP contribution in [0.1, 0.15) is 0 Å². The molecule has 0 bridgehead atoms. The molecular weight excluding hydrogens is 738 g/mol. The van der Waals surface area contributed by atoms with Crippen molar-refractivity contribution < 1.29 is 30.2 Å². The molecule has 0 aliphatic carbocycles. The third kappa shape index (κ3) is 3.81. The molecule has 6 heteroatoms. The van der Waals surface area contributed by atoms with Gasteiger partial charge in [-0.3, -0.25) is 4.98 Å². The average Bonchev–Trinajstić information content (AvgIpc) is 3.78. The smallest absolute Gasteiger partial charge is 0.137 e. The summed E-state index contributed by atoms with van der Waals surface area (Å²) in [5.41, 5.74) is 6.53. The number of hydrogen-bond acceptors (Lipinski definition) is 3. The van der Waals surface area contributed by atoms with Crippen LogP contribution in [-0.4, -0.2) is 14.0 Å². The minimum Gasteiger partial charge on any atom is -0.503 e. The Bertz CT molecular complexity index is 2770. The summed E-state index contributed by atoms with van der Waals surface area (Å²) in [6.07, 6.45) is 3.80. The van der Waals surface area contributed by atoms with Crippen LogP contribution >= 0.6 is 0 Å². The number of hydrogen-bond donors (Lipinski definition) is 0. The Labute approximate surface area is 271 Å². The van der Waals surface area contributed by atoms with Crippen LogP contribution in [0.3, 0.4) is 0 Å². The zero-order chi connectivity index (χ0) is 28.8. The van der Waals surface area contributed by atoms with E-state index in [1.165, 1.54) is 0 Å². The summed E-state index contributed by atoms with van der Waals surface area (Å²) in [7, 11) is 0. The summed E-state index contributed by atoms with van der Waals surface area (Å²) < 4.78 is 16.9. The molecular formula is C39H20N3O2Pt-3. The number of para-hydroxylation sites is 3. The van der Waals surface area contributed by atoms with Gasteiger partial charge in [-0.05, 0) is 22.9 Å². The monoisotopic (exact) mass is 757 g/mol. The number of furan rings is 1. The Morgan fingerprint density at radius 2 is 1.49 bits per heavy atom. The number of fused-ring (bicyclic) bond motifs is 12. The van der Waals surface area contributed by atoms with Crippen molar-refractivity contribution in [1.82, 2.24) is 14.0 Å². The molecule has 4 aromatic heterocycles. The molecule has 10 rings (SSSR count). The van der Waals surface area contributed by atoms with Gasteiger partial charge in [0.05, 0.1) is 5.65 Å². The first-order chi connectivity index (χ1) is 21.8. The van der Waals surface area contributed by atoms with Crippen LogP contribution in [0.5, 0.6) is 11.5 Å². The largest absolute Gasteiger partial charge is 0.503 e. The quantitative estimate of drug-likeness (QED) is 0.133. The molecule has 0 unspecified atom stereocenters. The van der Waals surface area contributed by atoms with Gasteiger partial charge in [0.2, 0.25) is 0 Å². The van der Waals surface area contributed by atoms with E-state index in [-0.39, 0.29) is 21.1 Å². The van der Waals surface area contributed by atoms with E-state index in [1.807, 2.05) is 73.1 Å². The van der Waals surface area contributed by atoms with Crippen molar-refractivity contribution in [2.75, 3.05) is 0 Å². The first kappa shape index (κ1) is 26.1. The zero-order valence-corrected chi connectivity index (χ0v) is 25.8. The number of rotatable bonds is 3. The van der Waals surface area contributed by atoms with E-state index in [9.17, 15) is 0 Å². The van der Waals surface area contributed by atoms with Crippen molar-refractivity contribution in [2.45, 2.75) is 0 Å². The molecule has 0 atom stereocenters. The van der Waals surface area contributed by atoms with E-state index in [0.717, 1.165) is 76.8 Å². The van der Waals surface area contributed by atoms with E-state index in [1.54, 1.807) is 0 Å². The molecule has 0 aliphatic heterocycles. The Balaban J connectivity index is 0.00000281. The van der Waals surface area contributed by atoms with Crippen LogP contribution < -0.4 is 4.74 Å². The normalized spacial score (nSPS) is 11.8. The maximum absolute atomic E-state index is 6.41. The summed E-state index contributed by atoms with van der Waals surface area (Å²) in [5.74, 6) is 1.19. The minimum atomic E-state index is 0. The second-order valence-corrected chi connectivity index (χ2v) is 11.0. The number of ether oxygens (including phenoxy) is 1. The predicted octanol–water partition coefficient (Wildman–Crippen LogP) is 9.83. The number of aromatic nitrogens is 3. The van der Waals surface area contributed by atoms with Crippen molar-refractivity contribution in [3.05, 3.63) is 140 Å². The van der Waals surface area contributed by atoms with E-state index < -0.39 is 0 Å². The van der Waals surface area contributed by atoms with Crippen molar-refractivity contribution in [3.63, 3.8) is 0 Å². The number of pyridine rings is 1. The van der Waals surface area contributed by atoms with Gasteiger partial charge in [0, 0.05) is 72.8 Å². The van der Waals surface area contributed by atoms with Gasteiger partial charge in [-0.1, -0.05) is 70.5 Å². The fraction of sp³-hybridized carbons (Fsp3) is 0. The number of imidazole rings is 1. The van der Waals surface area contributed by atoms with Crippen molar-refractivity contribution in [3.8, 4) is 17.2 Å². The molecule has 0 spiro atoms. The van der Waals surface area contributed by atoms with Crippen LogP contribution in [0.2, 0.25) is 0 Å². The van der Waals surface area contributed by atoms with Gasteiger partial charge in [-0.25, -0.2) is 0 Å². The second kappa shape index (κ2) is 9.82. The van der Waals surface area contributed by atoms with Crippen LogP contribution in [-0.2, 0) is 21.1 Å². The molecule has 0 amide bonds. The van der Waals surface area contributed by atoms with E-state index in [0.29, 0.717) is 11.5 Å². The Kier molecular flexibility index (Phi) is 5.68. The van der Waals surface area contributed by atoms with E-state index in [2.05, 4.69) is 80.7 Å². The van der Waals surface area contributed by atoms with Crippen molar-refractivity contribution >= 4 is 71.1 Å². The maximum atomic E-state index is 6.41. The van der Waals surface area contributed by atoms with Gasteiger partial charge >= 0.3 is 0 Å². The van der Waals surface area contributed by atoms with Crippen LogP contribution in [0.15, 0.2) is 126 Å². The SMILES string of the molecule is [Pt].[c-]1c(Oc2[c-]c3c(cc2)c2ccccc2n2ccnc32)cccc1-n1c2[c-]cccc2c2cc3c(cc21)oc1ccccc13. The molecule has 0 aliphatic rings. The first-order valence-corrected chi connectivity index (χ1v) is 14.5. The van der Waals surface area contributed by atoms with Gasteiger partial charge in [-0.2, -0.15) is 30.3 Å². The third-order valence-electron chi connectivity index (χ3n) is 8.53. The van der Waals surface area contributed by atoms with Gasteiger partial charge in [0.25, 0.3) is 0 Å². The maximum Gasteiger partial charge on any atom is 0.137 e. The average molecular weight is 758 g/mol. The molecule has 0 N–H and O–H groups in total. The van der Waals surface area contributed by atoms with Gasteiger partial charge < -0.3 is 18.1 Å². The Morgan fingerprint density at radius 3 is 2.44 bits per heavy atom. The standard InChI is InChI=1S/C39H20N3O2.Pt/c1-4-13-34-28(10-1)27-17-16-26(21-33(27)39-40-18-19-41(34)39)43-25-9-7-8-24(20-25)42-35-14-5-2-11-29(35)31-22-32-30-12-3-6-15-37(30)44-38(32)23-36(31)42;/h1-13,15-19,22-23H;/q-3;. The molecule has 216 valence electrons. The topological polar surface area (TPSA) is 44.6 Å². The minimum absolute atomic E-state index is 0. The number of benzene rings is 6. The molecule has 0 saturated heterocycles. The molecule has 0 radical (unpaired) electrons. The summed E-state index contributed by atoms with van der Waals surface area (Å²) >= 11 is 0. The molecule has 45 heavy (non-hydrogen) atoms. The fourth-order valence-electron chi connectivity index (χ4n) is 6.64. The predicted molar refractivity (Wildman–Crippen MR) is 175 cm³/mol. The van der Waals surface area contributed by atoms with Gasteiger partial charge in [0.15, 0.2) is 0 Å². The van der Waals surface area contributed by atoms with Crippen molar-refractivity contribution in [1.29, 1.82) is 0 Å². The van der Waals surface area contributed by atoms with Crippen molar-refractivity contribution in [2.24, 2.45) is 0 Å². The van der Waals surface area contributed by atoms with Crippen LogP contribution in [0.25, 0.3) is 76.8 Å². The Morgan fingerprint density at radius 1 is 0.644 bits per heavy atom. The molecule has 5 nitrogen and oxygen atoms in total. The molecule has 0 saturated carbocycles. The van der Waals surface area contributed by atoms with Gasteiger partial charge in [-0.15, -0.1) is 35.7 Å². The van der Waals surface area contributed by atoms with E-state index >= 15 is 0 Å². The zero-order valence-electron chi connectivity index (χ0n) is 23.5. The third-order valence-corrected chi connectivity index (χ3v) is 8.53. The van der Waals surface area contributed by atoms with E-state index in [4.69, 9.17) is 9.15 Å².